The minimum Gasteiger partial charge on any atom is -0.378 e. The molecule has 0 radical (unpaired) electrons. The number of hydrogen-bond donors (Lipinski definition) is 2. The Kier molecular flexibility index (Phi) is 6.26. The van der Waals surface area contributed by atoms with Crippen LogP contribution < -0.4 is 15.5 Å². The number of benzene rings is 2. The van der Waals surface area contributed by atoms with Crippen molar-refractivity contribution in [3.05, 3.63) is 60.2 Å². The van der Waals surface area contributed by atoms with Gasteiger partial charge in [-0.2, -0.15) is 0 Å². The lowest BCUT2D eigenvalue weighted by molar-refractivity contribution is -0.117. The normalized spacial score (nSPS) is 16.8. The van der Waals surface area contributed by atoms with E-state index in [4.69, 9.17) is 4.74 Å². The van der Waals surface area contributed by atoms with Crippen LogP contribution in [0.4, 0.5) is 11.4 Å². The zero-order valence-corrected chi connectivity index (χ0v) is 15.4. The number of ether oxygens (including phenoxy) is 1. The summed E-state index contributed by atoms with van der Waals surface area (Å²) in [5.41, 5.74) is 3.14. The fourth-order valence-electron chi connectivity index (χ4n) is 3.12. The molecule has 2 aromatic carbocycles. The van der Waals surface area contributed by atoms with E-state index in [-0.39, 0.29) is 18.0 Å². The number of carbonyl (C=O) groups is 1. The van der Waals surface area contributed by atoms with Gasteiger partial charge in [0.05, 0.1) is 19.3 Å². The van der Waals surface area contributed by atoms with Gasteiger partial charge in [0.1, 0.15) is 0 Å². The van der Waals surface area contributed by atoms with E-state index in [1.807, 2.05) is 49.4 Å². The minimum absolute atomic E-state index is 0.0353. The second kappa shape index (κ2) is 8.83. The third-order valence-electron chi connectivity index (χ3n) is 4.70. The molecule has 3 rings (SSSR count). The van der Waals surface area contributed by atoms with Gasteiger partial charge in [-0.25, -0.2) is 0 Å². The van der Waals surface area contributed by atoms with E-state index in [0.717, 1.165) is 37.7 Å². The molecule has 1 aliphatic rings. The average molecular weight is 353 g/mol. The summed E-state index contributed by atoms with van der Waals surface area (Å²) in [5, 5.41) is 6.33. The predicted molar refractivity (Wildman–Crippen MR) is 106 cm³/mol. The highest BCUT2D eigenvalue weighted by atomic mass is 16.5. The summed E-state index contributed by atoms with van der Waals surface area (Å²) in [6.07, 6.45) is 0. The van der Waals surface area contributed by atoms with Gasteiger partial charge in [-0.05, 0) is 43.7 Å². The van der Waals surface area contributed by atoms with Crippen LogP contribution >= 0.6 is 0 Å². The second-order valence-corrected chi connectivity index (χ2v) is 6.66. The van der Waals surface area contributed by atoms with Crippen molar-refractivity contribution >= 4 is 17.3 Å². The standard InChI is InChI=1S/C21H27N3O2/c1-16(18-6-4-3-5-7-18)22-17(2)21(25)23-19-8-10-20(11-9-19)24-12-14-26-15-13-24/h3-11,16-17,22H,12-15H2,1-2H3,(H,23,25)/t16-,17-/m0/s1. The topological polar surface area (TPSA) is 53.6 Å². The minimum atomic E-state index is -0.288. The van der Waals surface area contributed by atoms with Crippen molar-refractivity contribution in [1.29, 1.82) is 0 Å². The molecular formula is C21H27N3O2. The molecule has 2 aromatic rings. The van der Waals surface area contributed by atoms with E-state index in [1.54, 1.807) is 0 Å². The number of hydrogen-bond acceptors (Lipinski definition) is 4. The summed E-state index contributed by atoms with van der Waals surface area (Å²) in [7, 11) is 0. The van der Waals surface area contributed by atoms with Crippen molar-refractivity contribution in [1.82, 2.24) is 5.32 Å². The summed E-state index contributed by atoms with van der Waals surface area (Å²) in [4.78, 5) is 14.8. The van der Waals surface area contributed by atoms with E-state index in [9.17, 15) is 4.79 Å². The number of carbonyl (C=O) groups excluding carboxylic acids is 1. The van der Waals surface area contributed by atoms with E-state index in [2.05, 4.69) is 34.6 Å². The summed E-state index contributed by atoms with van der Waals surface area (Å²) in [6.45, 7) is 7.30. The number of nitrogens with one attached hydrogen (secondary N) is 2. The van der Waals surface area contributed by atoms with Crippen LogP contribution in [0.15, 0.2) is 54.6 Å². The van der Waals surface area contributed by atoms with Crippen molar-refractivity contribution in [2.45, 2.75) is 25.9 Å². The van der Waals surface area contributed by atoms with Crippen LogP contribution in [-0.2, 0) is 9.53 Å². The van der Waals surface area contributed by atoms with E-state index >= 15 is 0 Å². The molecule has 2 N–H and O–H groups in total. The molecule has 0 unspecified atom stereocenters. The van der Waals surface area contributed by atoms with Gasteiger partial charge >= 0.3 is 0 Å². The van der Waals surface area contributed by atoms with E-state index in [1.165, 1.54) is 5.56 Å². The first kappa shape index (κ1) is 18.4. The molecular weight excluding hydrogens is 326 g/mol. The molecule has 1 aliphatic heterocycles. The average Bonchev–Trinajstić information content (AvgIpc) is 2.70. The first-order valence-corrected chi connectivity index (χ1v) is 9.18. The molecule has 138 valence electrons. The van der Waals surface area contributed by atoms with Crippen LogP contribution in [0.3, 0.4) is 0 Å². The number of anilines is 2. The highest BCUT2D eigenvalue weighted by Crippen LogP contribution is 2.19. The Balaban J connectivity index is 1.53. The Morgan fingerprint density at radius 1 is 1.00 bits per heavy atom. The zero-order chi connectivity index (χ0) is 18.4. The number of amides is 1. The highest BCUT2D eigenvalue weighted by molar-refractivity contribution is 5.94. The lowest BCUT2D eigenvalue weighted by Crippen LogP contribution is -2.39. The van der Waals surface area contributed by atoms with Crippen LogP contribution in [0, 0.1) is 0 Å². The van der Waals surface area contributed by atoms with Gasteiger partial charge in [-0.3, -0.25) is 10.1 Å². The Morgan fingerprint density at radius 2 is 1.65 bits per heavy atom. The Hall–Kier alpha value is -2.37. The molecule has 5 heteroatoms. The SMILES string of the molecule is C[C@H](N[C@@H](C)c1ccccc1)C(=O)Nc1ccc(N2CCOCC2)cc1. The second-order valence-electron chi connectivity index (χ2n) is 6.66. The zero-order valence-electron chi connectivity index (χ0n) is 15.4. The Labute approximate surface area is 155 Å². The number of nitrogens with zero attached hydrogens (tertiary/aromatic N) is 1. The van der Waals surface area contributed by atoms with Crippen LogP contribution in [0.5, 0.6) is 0 Å². The molecule has 0 spiro atoms. The molecule has 1 fully saturated rings. The summed E-state index contributed by atoms with van der Waals surface area (Å²) in [5.74, 6) is -0.0353. The van der Waals surface area contributed by atoms with Gasteiger partial charge in [0.15, 0.2) is 0 Å². The van der Waals surface area contributed by atoms with E-state index in [0.29, 0.717) is 0 Å². The quantitative estimate of drug-likeness (QED) is 0.837. The van der Waals surface area contributed by atoms with Gasteiger partial charge in [0, 0.05) is 30.5 Å². The molecule has 0 saturated carbocycles. The molecule has 1 amide bonds. The molecule has 1 saturated heterocycles. The smallest absolute Gasteiger partial charge is 0.241 e. The van der Waals surface area contributed by atoms with Crippen LogP contribution in [0.2, 0.25) is 0 Å². The predicted octanol–water partition coefficient (Wildman–Crippen LogP) is 3.20. The van der Waals surface area contributed by atoms with Crippen molar-refractivity contribution in [3.8, 4) is 0 Å². The fraction of sp³-hybridized carbons (Fsp3) is 0.381. The summed E-state index contributed by atoms with van der Waals surface area (Å²) in [6, 6.07) is 18.0. The van der Waals surface area contributed by atoms with Crippen LogP contribution in [0.1, 0.15) is 25.5 Å². The molecule has 0 aromatic heterocycles. The largest absolute Gasteiger partial charge is 0.378 e. The van der Waals surface area contributed by atoms with Gasteiger partial charge in [-0.15, -0.1) is 0 Å². The molecule has 1 heterocycles. The third-order valence-corrected chi connectivity index (χ3v) is 4.70. The van der Waals surface area contributed by atoms with Crippen LogP contribution in [0.25, 0.3) is 0 Å². The van der Waals surface area contributed by atoms with E-state index < -0.39 is 0 Å². The Morgan fingerprint density at radius 3 is 2.31 bits per heavy atom. The maximum absolute atomic E-state index is 12.5. The number of morpholine rings is 1. The van der Waals surface area contributed by atoms with Crippen molar-refractivity contribution in [3.63, 3.8) is 0 Å². The van der Waals surface area contributed by atoms with Crippen molar-refractivity contribution < 1.29 is 9.53 Å². The molecule has 2 atom stereocenters. The lowest BCUT2D eigenvalue weighted by atomic mass is 10.1. The van der Waals surface area contributed by atoms with Crippen LogP contribution in [-0.4, -0.2) is 38.3 Å². The molecule has 0 bridgehead atoms. The molecule has 5 nitrogen and oxygen atoms in total. The fourth-order valence-corrected chi connectivity index (χ4v) is 3.12. The first-order valence-electron chi connectivity index (χ1n) is 9.18. The van der Waals surface area contributed by atoms with Gasteiger partial charge in [0.2, 0.25) is 5.91 Å². The molecule has 26 heavy (non-hydrogen) atoms. The first-order chi connectivity index (χ1) is 12.6. The lowest BCUT2D eigenvalue weighted by Gasteiger charge is -2.29. The van der Waals surface area contributed by atoms with Gasteiger partial charge in [0.25, 0.3) is 0 Å². The van der Waals surface area contributed by atoms with Crippen molar-refractivity contribution in [2.24, 2.45) is 0 Å². The van der Waals surface area contributed by atoms with Gasteiger partial charge < -0.3 is 15.0 Å². The van der Waals surface area contributed by atoms with Gasteiger partial charge in [-0.1, -0.05) is 30.3 Å². The highest BCUT2D eigenvalue weighted by Gasteiger charge is 2.17. The summed E-state index contributed by atoms with van der Waals surface area (Å²) >= 11 is 0. The maximum atomic E-state index is 12.5. The number of rotatable bonds is 6. The molecule has 0 aliphatic carbocycles. The third kappa shape index (κ3) is 4.84. The van der Waals surface area contributed by atoms with Crippen molar-refractivity contribution in [2.75, 3.05) is 36.5 Å². The monoisotopic (exact) mass is 353 g/mol. The summed E-state index contributed by atoms with van der Waals surface area (Å²) < 4.78 is 5.38. The Bertz CT molecular complexity index is 697. The maximum Gasteiger partial charge on any atom is 0.241 e.